The summed E-state index contributed by atoms with van der Waals surface area (Å²) in [6.07, 6.45) is -0.700. The van der Waals surface area contributed by atoms with E-state index in [0.717, 1.165) is 28.2 Å². The average Bonchev–Trinajstić information content (AvgIpc) is 3.15. The lowest BCUT2D eigenvalue weighted by atomic mass is 9.93. The third-order valence-electron chi connectivity index (χ3n) is 6.91. The predicted molar refractivity (Wildman–Crippen MR) is 153 cm³/mol. The van der Waals surface area contributed by atoms with E-state index in [9.17, 15) is 14.0 Å². The quantitative estimate of drug-likeness (QED) is 0.390. The first kappa shape index (κ1) is 27.8. The zero-order chi connectivity index (χ0) is 28.7. The van der Waals surface area contributed by atoms with Crippen LogP contribution in [-0.2, 0) is 20.8 Å². The van der Waals surface area contributed by atoms with Crippen molar-refractivity contribution in [2.24, 2.45) is 5.41 Å². The van der Waals surface area contributed by atoms with Gasteiger partial charge in [0, 0.05) is 33.6 Å². The van der Waals surface area contributed by atoms with Gasteiger partial charge in [-0.3, -0.25) is 9.59 Å². The molecule has 1 saturated heterocycles. The minimum atomic E-state index is -0.700. The van der Waals surface area contributed by atoms with Gasteiger partial charge in [0.15, 0.2) is 6.29 Å². The monoisotopic (exact) mass is 545 g/mol. The van der Waals surface area contributed by atoms with Crippen LogP contribution >= 0.6 is 0 Å². The Morgan fingerprint density at radius 2 is 1.60 bits per heavy atom. The normalized spacial score (nSPS) is 18.9. The van der Waals surface area contributed by atoms with Gasteiger partial charge >= 0.3 is 0 Å². The van der Waals surface area contributed by atoms with E-state index in [-0.39, 0.29) is 28.6 Å². The van der Waals surface area contributed by atoms with Gasteiger partial charge in [0.25, 0.3) is 5.91 Å². The lowest BCUT2D eigenvalue weighted by Crippen LogP contribution is -2.43. The van der Waals surface area contributed by atoms with Gasteiger partial charge in [-0.25, -0.2) is 4.39 Å². The summed E-state index contributed by atoms with van der Waals surface area (Å²) in [4.78, 5) is 28.2. The molecule has 2 aliphatic rings. The fraction of sp³-hybridized carbons (Fsp3) is 0.375. The largest absolute Gasteiger partial charge is 0.356 e. The van der Waals surface area contributed by atoms with Crippen molar-refractivity contribution in [3.8, 4) is 0 Å². The Hall–Kier alpha value is -3.75. The Labute approximate surface area is 234 Å². The zero-order valence-corrected chi connectivity index (χ0v) is 23.6. The van der Waals surface area contributed by atoms with Crippen LogP contribution in [0.25, 0.3) is 0 Å². The number of carbonyl (C=O) groups excluding carboxylic acids is 2. The van der Waals surface area contributed by atoms with Gasteiger partial charge in [-0.1, -0.05) is 26.0 Å². The summed E-state index contributed by atoms with van der Waals surface area (Å²) in [5.74, 6) is -1.18. The molecule has 2 N–H and O–H groups in total. The number of nitrogens with zero attached hydrogens (tertiary/aromatic N) is 1. The van der Waals surface area contributed by atoms with Crippen molar-refractivity contribution >= 4 is 28.9 Å². The SMILES string of the molecule is CC1(C)COC(C2C(=O)N(Cc3ccc(C(=O)NC(C)(C)C)cc3)c3ccc(Nc4ccc(F)cc4)cc32)OC1. The molecule has 3 aromatic carbocycles. The van der Waals surface area contributed by atoms with Crippen molar-refractivity contribution in [2.45, 2.75) is 58.9 Å². The van der Waals surface area contributed by atoms with Gasteiger partial charge in [0.2, 0.25) is 5.91 Å². The summed E-state index contributed by atoms with van der Waals surface area (Å²) in [7, 11) is 0. The first-order valence-electron chi connectivity index (χ1n) is 13.5. The smallest absolute Gasteiger partial charge is 0.251 e. The van der Waals surface area contributed by atoms with E-state index in [1.54, 1.807) is 29.2 Å². The molecule has 40 heavy (non-hydrogen) atoms. The van der Waals surface area contributed by atoms with Gasteiger partial charge in [-0.05, 0) is 86.5 Å². The van der Waals surface area contributed by atoms with Crippen LogP contribution < -0.4 is 15.5 Å². The van der Waals surface area contributed by atoms with Gasteiger partial charge in [-0.2, -0.15) is 0 Å². The first-order chi connectivity index (χ1) is 18.9. The summed E-state index contributed by atoms with van der Waals surface area (Å²) in [5.41, 5.74) is 4.10. The van der Waals surface area contributed by atoms with E-state index in [1.165, 1.54) is 12.1 Å². The predicted octanol–water partition coefficient (Wildman–Crippen LogP) is 6.13. The highest BCUT2D eigenvalue weighted by molar-refractivity contribution is 6.05. The number of fused-ring (bicyclic) bond motifs is 1. The van der Waals surface area contributed by atoms with Gasteiger partial charge in [-0.15, -0.1) is 0 Å². The molecule has 0 aliphatic carbocycles. The molecule has 0 radical (unpaired) electrons. The Morgan fingerprint density at radius 1 is 0.975 bits per heavy atom. The number of hydrogen-bond acceptors (Lipinski definition) is 5. The third-order valence-corrected chi connectivity index (χ3v) is 6.91. The fourth-order valence-electron chi connectivity index (χ4n) is 4.93. The summed E-state index contributed by atoms with van der Waals surface area (Å²) in [5, 5.41) is 6.26. The van der Waals surface area contributed by atoms with Crippen LogP contribution in [0.1, 0.15) is 62.0 Å². The second-order valence-electron chi connectivity index (χ2n) is 12.4. The molecule has 0 spiro atoms. The second-order valence-corrected chi connectivity index (χ2v) is 12.4. The molecule has 0 bridgehead atoms. The van der Waals surface area contributed by atoms with Gasteiger partial charge < -0.3 is 25.0 Å². The third kappa shape index (κ3) is 6.18. The van der Waals surface area contributed by atoms with Crippen LogP contribution in [0.4, 0.5) is 21.5 Å². The highest BCUT2D eigenvalue weighted by atomic mass is 19.1. The molecular formula is C32H36FN3O4. The van der Waals surface area contributed by atoms with Gasteiger partial charge in [0.05, 0.1) is 19.8 Å². The fourth-order valence-corrected chi connectivity index (χ4v) is 4.93. The second kappa shape index (κ2) is 10.7. The van der Waals surface area contributed by atoms with Crippen molar-refractivity contribution in [1.29, 1.82) is 0 Å². The van der Waals surface area contributed by atoms with Crippen molar-refractivity contribution in [1.82, 2.24) is 5.32 Å². The molecule has 2 aliphatic heterocycles. The molecule has 3 aromatic rings. The zero-order valence-electron chi connectivity index (χ0n) is 23.6. The number of nitrogens with one attached hydrogen (secondary N) is 2. The molecule has 0 aromatic heterocycles. The van der Waals surface area contributed by atoms with Crippen LogP contribution in [0.5, 0.6) is 0 Å². The molecule has 8 heteroatoms. The van der Waals surface area contributed by atoms with Crippen molar-refractivity contribution in [2.75, 3.05) is 23.4 Å². The van der Waals surface area contributed by atoms with Crippen LogP contribution in [0.2, 0.25) is 0 Å². The topological polar surface area (TPSA) is 79.9 Å². The maximum absolute atomic E-state index is 13.9. The number of ether oxygens (including phenoxy) is 2. The van der Waals surface area contributed by atoms with E-state index >= 15 is 0 Å². The van der Waals surface area contributed by atoms with Gasteiger partial charge in [0.1, 0.15) is 11.7 Å². The van der Waals surface area contributed by atoms with E-state index in [4.69, 9.17) is 9.47 Å². The number of rotatable bonds is 6. The molecule has 0 saturated carbocycles. The Kier molecular flexibility index (Phi) is 7.42. The Morgan fingerprint density at radius 3 is 2.23 bits per heavy atom. The standard InChI is InChI=1S/C32H36FN3O4/c1-31(2,3)35-28(37)21-8-6-20(7-9-21)17-36-26-15-14-24(34-23-12-10-22(33)11-13-23)16-25(26)27(29(36)38)30-39-18-32(4,5)19-40-30/h6-16,27,30,34H,17-19H2,1-5H3,(H,35,37). The average molecular weight is 546 g/mol. The molecule has 2 amide bonds. The van der Waals surface area contributed by atoms with E-state index in [0.29, 0.717) is 25.3 Å². The number of halogens is 1. The van der Waals surface area contributed by atoms with Crippen LogP contribution in [-0.4, -0.2) is 36.9 Å². The molecule has 5 rings (SSSR count). The first-order valence-corrected chi connectivity index (χ1v) is 13.5. The summed E-state index contributed by atoms with van der Waals surface area (Å²) in [6, 6.07) is 19.2. The molecular weight excluding hydrogens is 509 g/mol. The maximum atomic E-state index is 13.9. The highest BCUT2D eigenvalue weighted by Gasteiger charge is 2.45. The van der Waals surface area contributed by atoms with Crippen molar-refractivity contribution in [3.05, 3.63) is 89.2 Å². The number of carbonyl (C=O) groups is 2. The summed E-state index contributed by atoms with van der Waals surface area (Å²) >= 11 is 0. The molecule has 2 heterocycles. The minimum Gasteiger partial charge on any atom is -0.356 e. The van der Waals surface area contributed by atoms with Crippen LogP contribution in [0.3, 0.4) is 0 Å². The van der Waals surface area contributed by atoms with Crippen molar-refractivity contribution in [3.63, 3.8) is 0 Å². The molecule has 7 nitrogen and oxygen atoms in total. The number of benzene rings is 3. The van der Waals surface area contributed by atoms with E-state index in [2.05, 4.69) is 24.5 Å². The van der Waals surface area contributed by atoms with Crippen molar-refractivity contribution < 1.29 is 23.5 Å². The number of anilines is 3. The Balaban J connectivity index is 1.41. The number of amides is 2. The van der Waals surface area contributed by atoms with Crippen LogP contribution in [0, 0.1) is 11.2 Å². The minimum absolute atomic E-state index is 0.104. The van der Waals surface area contributed by atoms with E-state index in [1.807, 2.05) is 51.1 Å². The number of hydrogen-bond donors (Lipinski definition) is 2. The summed E-state index contributed by atoms with van der Waals surface area (Å²) in [6.45, 7) is 11.3. The lowest BCUT2D eigenvalue weighted by Gasteiger charge is -2.36. The maximum Gasteiger partial charge on any atom is 0.251 e. The summed E-state index contributed by atoms with van der Waals surface area (Å²) < 4.78 is 25.6. The molecule has 1 atom stereocenters. The molecule has 1 fully saturated rings. The molecule has 1 unspecified atom stereocenters. The van der Waals surface area contributed by atoms with E-state index < -0.39 is 12.2 Å². The Bertz CT molecular complexity index is 1390. The highest BCUT2D eigenvalue weighted by Crippen LogP contribution is 2.44. The van der Waals surface area contributed by atoms with Crippen LogP contribution in [0.15, 0.2) is 66.7 Å². The molecule has 210 valence electrons. The lowest BCUT2D eigenvalue weighted by molar-refractivity contribution is -0.229.